The van der Waals surface area contributed by atoms with Gasteiger partial charge in [-0.15, -0.1) is 10.2 Å². The van der Waals surface area contributed by atoms with Gasteiger partial charge in [0.2, 0.25) is 0 Å². The number of rotatable bonds is 4. The fourth-order valence-corrected chi connectivity index (χ4v) is 3.73. The predicted molar refractivity (Wildman–Crippen MR) is 101 cm³/mol. The molecule has 4 rings (SSSR count). The molecule has 0 radical (unpaired) electrons. The standard InChI is InChI=1S/C20H22N4O3/c1-12-7-8-15-16(25)10-18(27-17(15)9-12)20(26)22-13(2)19-23-21-11-24(19)14-5-3-4-6-14/h7-11,13-14H,3-6H2,1-2H3,(H,22,26)/t13-/m0/s1. The Bertz CT molecular complexity index is 1050. The van der Waals surface area contributed by atoms with Gasteiger partial charge in [-0.3, -0.25) is 9.59 Å². The zero-order valence-electron chi connectivity index (χ0n) is 15.4. The average molecular weight is 366 g/mol. The van der Waals surface area contributed by atoms with Crippen molar-refractivity contribution in [2.75, 3.05) is 0 Å². The molecule has 2 aromatic heterocycles. The highest BCUT2D eigenvalue weighted by molar-refractivity contribution is 5.93. The summed E-state index contributed by atoms with van der Waals surface area (Å²) in [7, 11) is 0. The van der Waals surface area contributed by atoms with E-state index in [1.807, 2.05) is 19.9 Å². The topological polar surface area (TPSA) is 90.0 Å². The lowest BCUT2D eigenvalue weighted by atomic mass is 10.1. The van der Waals surface area contributed by atoms with Crippen LogP contribution < -0.4 is 10.7 Å². The van der Waals surface area contributed by atoms with Crippen LogP contribution in [0.1, 0.15) is 66.6 Å². The molecule has 2 heterocycles. The summed E-state index contributed by atoms with van der Waals surface area (Å²) >= 11 is 0. The minimum absolute atomic E-state index is 0.00289. The van der Waals surface area contributed by atoms with Gasteiger partial charge in [-0.05, 0) is 44.4 Å². The molecule has 0 saturated heterocycles. The lowest BCUT2D eigenvalue weighted by Gasteiger charge is -2.18. The summed E-state index contributed by atoms with van der Waals surface area (Å²) < 4.78 is 7.73. The highest BCUT2D eigenvalue weighted by Crippen LogP contribution is 2.31. The largest absolute Gasteiger partial charge is 0.451 e. The molecule has 1 aliphatic carbocycles. The molecule has 0 bridgehead atoms. The third kappa shape index (κ3) is 3.37. The molecule has 1 aliphatic rings. The Labute approximate surface area is 156 Å². The summed E-state index contributed by atoms with van der Waals surface area (Å²) in [5.41, 5.74) is 1.14. The Hall–Kier alpha value is -2.96. The van der Waals surface area contributed by atoms with Gasteiger partial charge in [-0.1, -0.05) is 18.9 Å². The SMILES string of the molecule is Cc1ccc2c(=O)cc(C(=O)N[C@@H](C)c3nncn3C3CCCC3)oc2c1. The second-order valence-corrected chi connectivity index (χ2v) is 7.20. The van der Waals surface area contributed by atoms with Crippen LogP contribution in [0.4, 0.5) is 0 Å². The maximum absolute atomic E-state index is 12.7. The summed E-state index contributed by atoms with van der Waals surface area (Å²) in [6.07, 6.45) is 6.33. The van der Waals surface area contributed by atoms with E-state index in [9.17, 15) is 9.59 Å². The van der Waals surface area contributed by atoms with Gasteiger partial charge in [0.05, 0.1) is 11.4 Å². The molecule has 0 spiro atoms. The van der Waals surface area contributed by atoms with Crippen LogP contribution in [-0.4, -0.2) is 20.7 Å². The van der Waals surface area contributed by atoms with E-state index in [0.717, 1.165) is 18.4 Å². The molecule has 1 atom stereocenters. The number of hydrogen-bond acceptors (Lipinski definition) is 5. The van der Waals surface area contributed by atoms with Crippen LogP contribution in [0.3, 0.4) is 0 Å². The average Bonchev–Trinajstić information content (AvgIpc) is 3.32. The van der Waals surface area contributed by atoms with E-state index in [2.05, 4.69) is 20.1 Å². The zero-order chi connectivity index (χ0) is 19.0. The fraction of sp³-hybridized carbons (Fsp3) is 0.400. The lowest BCUT2D eigenvalue weighted by molar-refractivity contribution is 0.0909. The minimum Gasteiger partial charge on any atom is -0.451 e. The number of aromatic nitrogens is 3. The van der Waals surface area contributed by atoms with Crippen molar-refractivity contribution in [3.05, 3.63) is 58.0 Å². The summed E-state index contributed by atoms with van der Waals surface area (Å²) in [4.78, 5) is 25.0. The monoisotopic (exact) mass is 366 g/mol. The number of aryl methyl sites for hydroxylation is 1. The van der Waals surface area contributed by atoms with Gasteiger partial charge in [0.25, 0.3) is 5.91 Å². The van der Waals surface area contributed by atoms with E-state index in [4.69, 9.17) is 4.42 Å². The smallest absolute Gasteiger partial charge is 0.287 e. The van der Waals surface area contributed by atoms with Gasteiger partial charge in [0, 0.05) is 12.1 Å². The predicted octanol–water partition coefficient (Wildman–Crippen LogP) is 3.30. The van der Waals surface area contributed by atoms with Gasteiger partial charge in [0.15, 0.2) is 17.0 Å². The number of benzene rings is 1. The maximum Gasteiger partial charge on any atom is 0.287 e. The Morgan fingerprint density at radius 1 is 1.30 bits per heavy atom. The first-order valence-electron chi connectivity index (χ1n) is 9.27. The van der Waals surface area contributed by atoms with Gasteiger partial charge >= 0.3 is 0 Å². The third-order valence-corrected chi connectivity index (χ3v) is 5.16. The van der Waals surface area contributed by atoms with Crippen LogP contribution in [0.15, 0.2) is 39.8 Å². The van der Waals surface area contributed by atoms with Gasteiger partial charge < -0.3 is 14.3 Å². The van der Waals surface area contributed by atoms with Crippen LogP contribution in [0.25, 0.3) is 11.0 Å². The van der Waals surface area contributed by atoms with Crippen molar-refractivity contribution in [1.29, 1.82) is 0 Å². The van der Waals surface area contributed by atoms with Crippen molar-refractivity contribution >= 4 is 16.9 Å². The number of nitrogens with zero attached hydrogens (tertiary/aromatic N) is 3. The van der Waals surface area contributed by atoms with Crippen molar-refractivity contribution in [2.24, 2.45) is 0 Å². The molecule has 0 aliphatic heterocycles. The maximum atomic E-state index is 12.7. The van der Waals surface area contributed by atoms with Crippen LogP contribution in [0.5, 0.6) is 0 Å². The van der Waals surface area contributed by atoms with E-state index >= 15 is 0 Å². The summed E-state index contributed by atoms with van der Waals surface area (Å²) in [5, 5.41) is 11.6. The quantitative estimate of drug-likeness (QED) is 0.765. The second-order valence-electron chi connectivity index (χ2n) is 7.20. The normalized spacial score (nSPS) is 15.9. The molecular formula is C20H22N4O3. The lowest BCUT2D eigenvalue weighted by Crippen LogP contribution is -2.29. The molecular weight excluding hydrogens is 344 g/mol. The van der Waals surface area contributed by atoms with Crippen LogP contribution in [0.2, 0.25) is 0 Å². The third-order valence-electron chi connectivity index (χ3n) is 5.16. The molecule has 1 fully saturated rings. The first-order chi connectivity index (χ1) is 13.0. The van der Waals surface area contributed by atoms with E-state index in [-0.39, 0.29) is 17.2 Å². The number of amides is 1. The molecule has 1 aromatic carbocycles. The van der Waals surface area contributed by atoms with E-state index in [0.29, 0.717) is 22.8 Å². The zero-order valence-corrected chi connectivity index (χ0v) is 15.4. The van der Waals surface area contributed by atoms with Crippen molar-refractivity contribution in [2.45, 2.75) is 51.6 Å². The van der Waals surface area contributed by atoms with Crippen molar-refractivity contribution < 1.29 is 9.21 Å². The van der Waals surface area contributed by atoms with Crippen LogP contribution in [-0.2, 0) is 0 Å². The molecule has 7 heteroatoms. The second kappa shape index (κ2) is 6.98. The molecule has 1 N–H and O–H groups in total. The molecule has 0 unspecified atom stereocenters. The molecule has 1 amide bonds. The molecule has 7 nitrogen and oxygen atoms in total. The Balaban J connectivity index is 1.58. The number of nitrogens with one attached hydrogen (secondary N) is 1. The van der Waals surface area contributed by atoms with Crippen molar-refractivity contribution in [3.63, 3.8) is 0 Å². The van der Waals surface area contributed by atoms with Gasteiger partial charge in [0.1, 0.15) is 11.9 Å². The van der Waals surface area contributed by atoms with Crippen LogP contribution in [0, 0.1) is 6.92 Å². The number of fused-ring (bicyclic) bond motifs is 1. The highest BCUT2D eigenvalue weighted by Gasteiger charge is 2.24. The van der Waals surface area contributed by atoms with Crippen LogP contribution >= 0.6 is 0 Å². The Morgan fingerprint density at radius 3 is 2.85 bits per heavy atom. The number of carbonyl (C=O) groups is 1. The number of hydrogen-bond donors (Lipinski definition) is 1. The van der Waals surface area contributed by atoms with Crippen molar-refractivity contribution in [3.8, 4) is 0 Å². The van der Waals surface area contributed by atoms with E-state index < -0.39 is 5.91 Å². The first-order valence-corrected chi connectivity index (χ1v) is 9.27. The molecule has 1 saturated carbocycles. The van der Waals surface area contributed by atoms with E-state index in [1.165, 1.54) is 18.9 Å². The van der Waals surface area contributed by atoms with E-state index in [1.54, 1.807) is 18.5 Å². The summed E-state index contributed by atoms with van der Waals surface area (Å²) in [6, 6.07) is 6.59. The molecule has 140 valence electrons. The number of carbonyl (C=O) groups excluding carboxylic acids is 1. The van der Waals surface area contributed by atoms with Crippen molar-refractivity contribution in [1.82, 2.24) is 20.1 Å². The first kappa shape index (κ1) is 17.5. The minimum atomic E-state index is -0.441. The Morgan fingerprint density at radius 2 is 2.07 bits per heavy atom. The Kier molecular flexibility index (Phi) is 4.51. The fourth-order valence-electron chi connectivity index (χ4n) is 3.73. The molecule has 27 heavy (non-hydrogen) atoms. The van der Waals surface area contributed by atoms with Gasteiger partial charge in [-0.2, -0.15) is 0 Å². The highest BCUT2D eigenvalue weighted by atomic mass is 16.3. The summed E-state index contributed by atoms with van der Waals surface area (Å²) in [6.45, 7) is 3.76. The van der Waals surface area contributed by atoms with Gasteiger partial charge in [-0.25, -0.2) is 0 Å². The molecule has 3 aromatic rings. The summed E-state index contributed by atoms with van der Waals surface area (Å²) in [5.74, 6) is 0.273.